The zero-order valence-electron chi connectivity index (χ0n) is 12.3. The Labute approximate surface area is 122 Å². The van der Waals surface area contributed by atoms with Crippen LogP contribution in [0.3, 0.4) is 0 Å². The minimum Gasteiger partial charge on any atom is -0.377 e. The molecule has 3 rings (SSSR count). The summed E-state index contributed by atoms with van der Waals surface area (Å²) in [6, 6.07) is 0.534. The third-order valence-electron chi connectivity index (χ3n) is 4.91. The molecule has 3 heterocycles. The van der Waals surface area contributed by atoms with E-state index in [1.165, 1.54) is 6.42 Å². The molecule has 0 radical (unpaired) electrons. The third-order valence-corrected chi connectivity index (χ3v) is 6.92. The Morgan fingerprint density at radius 1 is 1.15 bits per heavy atom. The molecule has 0 spiro atoms. The van der Waals surface area contributed by atoms with Gasteiger partial charge in [0.1, 0.15) is 0 Å². The van der Waals surface area contributed by atoms with Gasteiger partial charge in [0.25, 0.3) is 0 Å². The van der Waals surface area contributed by atoms with Crippen molar-refractivity contribution in [3.63, 3.8) is 0 Å². The largest absolute Gasteiger partial charge is 0.377 e. The van der Waals surface area contributed by atoms with Gasteiger partial charge >= 0.3 is 0 Å². The van der Waals surface area contributed by atoms with Crippen LogP contribution in [-0.4, -0.2) is 67.8 Å². The zero-order valence-corrected chi connectivity index (χ0v) is 13.1. The number of sulfonamides is 1. The van der Waals surface area contributed by atoms with Crippen LogP contribution in [0.1, 0.15) is 39.0 Å². The molecule has 116 valence electrons. The summed E-state index contributed by atoms with van der Waals surface area (Å²) in [5.74, 6) is 0.171. The molecule has 3 atom stereocenters. The lowest BCUT2D eigenvalue weighted by Crippen LogP contribution is -2.57. The van der Waals surface area contributed by atoms with Crippen LogP contribution in [0.25, 0.3) is 0 Å². The quantitative estimate of drug-likeness (QED) is 0.782. The van der Waals surface area contributed by atoms with Crippen molar-refractivity contribution in [2.75, 3.05) is 32.0 Å². The first-order valence-corrected chi connectivity index (χ1v) is 9.52. The maximum absolute atomic E-state index is 12.7. The third kappa shape index (κ3) is 3.03. The monoisotopic (exact) mass is 302 g/mol. The van der Waals surface area contributed by atoms with Gasteiger partial charge in [-0.3, -0.25) is 4.90 Å². The molecule has 0 bridgehead atoms. The molecule has 0 N–H and O–H groups in total. The predicted molar refractivity (Wildman–Crippen MR) is 78.1 cm³/mol. The molecule has 5 nitrogen and oxygen atoms in total. The van der Waals surface area contributed by atoms with Crippen LogP contribution in [0, 0.1) is 0 Å². The van der Waals surface area contributed by atoms with Gasteiger partial charge < -0.3 is 4.74 Å². The summed E-state index contributed by atoms with van der Waals surface area (Å²) < 4.78 is 32.7. The van der Waals surface area contributed by atoms with E-state index in [9.17, 15) is 8.42 Å². The van der Waals surface area contributed by atoms with Crippen LogP contribution in [0.5, 0.6) is 0 Å². The van der Waals surface area contributed by atoms with Crippen LogP contribution in [0.15, 0.2) is 0 Å². The summed E-state index contributed by atoms with van der Waals surface area (Å²) in [4.78, 5) is 2.45. The molecule has 0 aromatic carbocycles. The molecule has 3 fully saturated rings. The number of nitrogens with zero attached hydrogens (tertiary/aromatic N) is 2. The summed E-state index contributed by atoms with van der Waals surface area (Å²) in [6.45, 7) is 5.44. The van der Waals surface area contributed by atoms with Gasteiger partial charge in [-0.05, 0) is 45.6 Å². The highest BCUT2D eigenvalue weighted by Crippen LogP contribution is 2.27. The fraction of sp³-hybridized carbons (Fsp3) is 1.00. The highest BCUT2D eigenvalue weighted by Gasteiger charge is 2.40. The van der Waals surface area contributed by atoms with E-state index in [0.717, 1.165) is 38.8 Å². The first-order chi connectivity index (χ1) is 9.56. The molecule has 0 unspecified atom stereocenters. The van der Waals surface area contributed by atoms with Crippen molar-refractivity contribution in [1.29, 1.82) is 0 Å². The number of ether oxygens (including phenoxy) is 1. The molecule has 3 aliphatic heterocycles. The maximum Gasteiger partial charge on any atom is 0.217 e. The number of hydrogen-bond acceptors (Lipinski definition) is 4. The van der Waals surface area contributed by atoms with Crippen molar-refractivity contribution >= 4 is 10.0 Å². The highest BCUT2D eigenvalue weighted by molar-refractivity contribution is 7.89. The Kier molecular flexibility index (Phi) is 4.36. The standard InChI is InChI=1S/C14H26N2O3S/c1-12-9-15-7-4-5-13(15)10-16(12)20(17,18)11-14-6-2-3-8-19-14/h12-14H,2-11H2,1H3/t12-,13+,14+/m1/s1. The van der Waals surface area contributed by atoms with Gasteiger partial charge in [0.15, 0.2) is 0 Å². The van der Waals surface area contributed by atoms with Gasteiger partial charge in [0, 0.05) is 31.8 Å². The Morgan fingerprint density at radius 3 is 2.75 bits per heavy atom. The highest BCUT2D eigenvalue weighted by atomic mass is 32.2. The Balaban J connectivity index is 1.66. The van der Waals surface area contributed by atoms with E-state index in [1.807, 2.05) is 6.92 Å². The van der Waals surface area contributed by atoms with Gasteiger partial charge in [-0.25, -0.2) is 8.42 Å². The molecular formula is C14H26N2O3S. The topological polar surface area (TPSA) is 49.9 Å². The van der Waals surface area contributed by atoms with Crippen molar-refractivity contribution in [2.45, 2.75) is 57.2 Å². The summed E-state index contributed by atoms with van der Waals surface area (Å²) in [5.41, 5.74) is 0. The fourth-order valence-corrected chi connectivity index (χ4v) is 5.76. The van der Waals surface area contributed by atoms with Crippen LogP contribution in [0.2, 0.25) is 0 Å². The van der Waals surface area contributed by atoms with Crippen molar-refractivity contribution in [3.05, 3.63) is 0 Å². The second-order valence-electron chi connectivity index (χ2n) is 6.48. The number of fused-ring (bicyclic) bond motifs is 1. The number of hydrogen-bond donors (Lipinski definition) is 0. The Hall–Kier alpha value is -0.170. The molecule has 0 saturated carbocycles. The lowest BCUT2D eigenvalue weighted by Gasteiger charge is -2.41. The van der Waals surface area contributed by atoms with Gasteiger partial charge in [-0.2, -0.15) is 4.31 Å². The lowest BCUT2D eigenvalue weighted by molar-refractivity contribution is 0.0289. The molecule has 3 aliphatic rings. The van der Waals surface area contributed by atoms with E-state index in [0.29, 0.717) is 19.2 Å². The van der Waals surface area contributed by atoms with Crippen LogP contribution < -0.4 is 0 Å². The molecule has 0 aromatic heterocycles. The number of piperazine rings is 1. The average molecular weight is 302 g/mol. The number of rotatable bonds is 3. The molecule has 0 aromatic rings. The van der Waals surface area contributed by atoms with Crippen molar-refractivity contribution < 1.29 is 13.2 Å². The summed E-state index contributed by atoms with van der Waals surface area (Å²) >= 11 is 0. The first-order valence-electron chi connectivity index (χ1n) is 7.91. The zero-order chi connectivity index (χ0) is 14.2. The summed E-state index contributed by atoms with van der Waals surface area (Å²) in [6.07, 6.45) is 5.29. The molecule has 0 aliphatic carbocycles. The van der Waals surface area contributed by atoms with E-state index in [-0.39, 0.29) is 17.9 Å². The molecule has 20 heavy (non-hydrogen) atoms. The average Bonchev–Trinajstić information content (AvgIpc) is 2.85. The smallest absolute Gasteiger partial charge is 0.217 e. The molecule has 6 heteroatoms. The van der Waals surface area contributed by atoms with Crippen molar-refractivity contribution in [1.82, 2.24) is 9.21 Å². The van der Waals surface area contributed by atoms with Crippen molar-refractivity contribution in [2.24, 2.45) is 0 Å². The van der Waals surface area contributed by atoms with Crippen molar-refractivity contribution in [3.8, 4) is 0 Å². The predicted octanol–water partition coefficient (Wildman–Crippen LogP) is 1.05. The van der Waals surface area contributed by atoms with E-state index in [2.05, 4.69) is 4.90 Å². The second kappa shape index (κ2) is 5.91. The SMILES string of the molecule is C[C@@H]1CN2CCC[C@H]2CN1S(=O)(=O)C[C@@H]1CCCCO1. The van der Waals surface area contributed by atoms with E-state index in [4.69, 9.17) is 4.74 Å². The molecular weight excluding hydrogens is 276 g/mol. The van der Waals surface area contributed by atoms with Crippen LogP contribution in [0.4, 0.5) is 0 Å². The maximum atomic E-state index is 12.7. The lowest BCUT2D eigenvalue weighted by atomic mass is 10.1. The molecule has 0 amide bonds. The Bertz CT molecular complexity index is 434. The van der Waals surface area contributed by atoms with E-state index >= 15 is 0 Å². The van der Waals surface area contributed by atoms with Gasteiger partial charge in [-0.15, -0.1) is 0 Å². The normalized spacial score (nSPS) is 37.0. The molecule has 3 saturated heterocycles. The van der Waals surface area contributed by atoms with Crippen LogP contribution in [-0.2, 0) is 14.8 Å². The van der Waals surface area contributed by atoms with Gasteiger partial charge in [-0.1, -0.05) is 0 Å². The first kappa shape index (κ1) is 14.8. The Morgan fingerprint density at radius 2 is 2.00 bits per heavy atom. The second-order valence-corrected chi connectivity index (χ2v) is 8.44. The summed E-state index contributed by atoms with van der Waals surface area (Å²) in [7, 11) is -3.19. The minimum absolute atomic E-state index is 0.0949. The van der Waals surface area contributed by atoms with Crippen LogP contribution >= 0.6 is 0 Å². The van der Waals surface area contributed by atoms with Gasteiger partial charge in [0.2, 0.25) is 10.0 Å². The van der Waals surface area contributed by atoms with Gasteiger partial charge in [0.05, 0.1) is 11.9 Å². The van der Waals surface area contributed by atoms with E-state index < -0.39 is 10.0 Å². The fourth-order valence-electron chi connectivity index (χ4n) is 3.82. The summed E-state index contributed by atoms with van der Waals surface area (Å²) in [5, 5.41) is 0. The minimum atomic E-state index is -3.19. The van der Waals surface area contributed by atoms with E-state index in [1.54, 1.807) is 4.31 Å².